The van der Waals surface area contributed by atoms with Gasteiger partial charge in [-0.25, -0.2) is 0 Å². The van der Waals surface area contributed by atoms with Gasteiger partial charge in [0.05, 0.1) is 12.9 Å². The summed E-state index contributed by atoms with van der Waals surface area (Å²) in [5, 5.41) is 0. The SMILES string of the molecule is C=COCCCC=O.[H-].[K+]. The molecule has 0 heterocycles. The van der Waals surface area contributed by atoms with Crippen molar-refractivity contribution in [2.45, 2.75) is 12.8 Å². The van der Waals surface area contributed by atoms with Crippen molar-refractivity contribution in [1.29, 1.82) is 0 Å². The van der Waals surface area contributed by atoms with Crippen LogP contribution in [0.2, 0.25) is 0 Å². The fourth-order valence-corrected chi connectivity index (χ4v) is 0.333. The molecule has 0 aromatic carbocycles. The Kier molecular flexibility index (Phi) is 16.2. The summed E-state index contributed by atoms with van der Waals surface area (Å²) in [5.74, 6) is 0. The Labute approximate surface area is 99.6 Å². The van der Waals surface area contributed by atoms with E-state index in [2.05, 4.69) is 6.58 Å². The van der Waals surface area contributed by atoms with Gasteiger partial charge in [-0.1, -0.05) is 6.58 Å². The van der Waals surface area contributed by atoms with Gasteiger partial charge in [0.15, 0.2) is 0 Å². The van der Waals surface area contributed by atoms with Crippen molar-refractivity contribution in [3.8, 4) is 0 Å². The third-order valence-electron chi connectivity index (χ3n) is 0.702. The molecule has 3 heteroatoms. The third kappa shape index (κ3) is 12.1. The summed E-state index contributed by atoms with van der Waals surface area (Å²) in [6, 6.07) is 0. The Morgan fingerprint density at radius 2 is 2.33 bits per heavy atom. The van der Waals surface area contributed by atoms with Crippen LogP contribution < -0.4 is 51.4 Å². The molecule has 0 aromatic rings. The van der Waals surface area contributed by atoms with Gasteiger partial charge in [-0.2, -0.15) is 0 Å². The van der Waals surface area contributed by atoms with Crippen LogP contribution in [-0.2, 0) is 9.53 Å². The summed E-state index contributed by atoms with van der Waals surface area (Å²) in [5.41, 5.74) is 0. The Morgan fingerprint density at radius 3 is 2.78 bits per heavy atom. The van der Waals surface area contributed by atoms with Crippen molar-refractivity contribution < 1.29 is 62.3 Å². The Bertz CT molecular complexity index is 68.1. The second-order valence-electron chi connectivity index (χ2n) is 1.35. The summed E-state index contributed by atoms with van der Waals surface area (Å²) in [4.78, 5) is 9.69. The maximum Gasteiger partial charge on any atom is 1.00 e. The van der Waals surface area contributed by atoms with Crippen LogP contribution in [0.5, 0.6) is 0 Å². The monoisotopic (exact) mass is 154 g/mol. The quantitative estimate of drug-likeness (QED) is 0.203. The van der Waals surface area contributed by atoms with E-state index in [1.165, 1.54) is 6.26 Å². The zero-order valence-electron chi connectivity index (χ0n) is 6.80. The van der Waals surface area contributed by atoms with E-state index in [0.717, 1.165) is 12.7 Å². The first-order valence-electron chi connectivity index (χ1n) is 2.58. The van der Waals surface area contributed by atoms with Crippen LogP contribution in [0.3, 0.4) is 0 Å². The molecule has 9 heavy (non-hydrogen) atoms. The number of ether oxygens (including phenoxy) is 1. The van der Waals surface area contributed by atoms with Crippen LogP contribution in [0.4, 0.5) is 0 Å². The standard InChI is InChI=1S/C6H10O2.K.H/c1-2-8-6-4-3-5-7;;/h2,5H,1,3-4,6H2;;/q;+1;-1. The van der Waals surface area contributed by atoms with Crippen molar-refractivity contribution >= 4 is 6.29 Å². The summed E-state index contributed by atoms with van der Waals surface area (Å²) in [6.07, 6.45) is 3.63. The summed E-state index contributed by atoms with van der Waals surface area (Å²) >= 11 is 0. The van der Waals surface area contributed by atoms with Crippen molar-refractivity contribution in [3.05, 3.63) is 12.8 Å². The molecular formula is C6H11KO2. The molecule has 0 aliphatic carbocycles. The number of carbonyl (C=O) groups excluding carboxylic acids is 1. The molecule has 0 N–H and O–H groups in total. The van der Waals surface area contributed by atoms with E-state index in [-0.39, 0.29) is 52.8 Å². The van der Waals surface area contributed by atoms with Gasteiger partial charge in [0.25, 0.3) is 0 Å². The van der Waals surface area contributed by atoms with Crippen LogP contribution in [0, 0.1) is 0 Å². The van der Waals surface area contributed by atoms with Crippen LogP contribution in [0.1, 0.15) is 14.3 Å². The molecule has 0 saturated carbocycles. The van der Waals surface area contributed by atoms with Gasteiger partial charge in [-0.15, -0.1) is 0 Å². The van der Waals surface area contributed by atoms with Crippen molar-refractivity contribution in [2.24, 2.45) is 0 Å². The van der Waals surface area contributed by atoms with Gasteiger partial charge in [0, 0.05) is 6.42 Å². The molecule has 0 bridgehead atoms. The maximum absolute atomic E-state index is 9.69. The molecule has 0 atom stereocenters. The van der Waals surface area contributed by atoms with Gasteiger partial charge < -0.3 is 11.0 Å². The average Bonchev–Trinajstić information content (AvgIpc) is 1.81. The molecule has 0 radical (unpaired) electrons. The Hall–Kier alpha value is 0.846. The van der Waals surface area contributed by atoms with Crippen molar-refractivity contribution in [3.63, 3.8) is 0 Å². The van der Waals surface area contributed by atoms with Crippen LogP contribution >= 0.6 is 0 Å². The predicted octanol–water partition coefficient (Wildman–Crippen LogP) is -1.76. The fraction of sp³-hybridized carbons (Fsp3) is 0.500. The maximum atomic E-state index is 9.69. The van der Waals surface area contributed by atoms with Gasteiger partial charge in [0.1, 0.15) is 6.29 Å². The Balaban J connectivity index is -0.000000245. The van der Waals surface area contributed by atoms with E-state index >= 15 is 0 Å². The number of hydrogen-bond acceptors (Lipinski definition) is 2. The molecule has 0 fully saturated rings. The van der Waals surface area contributed by atoms with Crippen molar-refractivity contribution in [2.75, 3.05) is 6.61 Å². The topological polar surface area (TPSA) is 26.3 Å². The zero-order chi connectivity index (χ0) is 6.24. The number of aldehydes is 1. The molecule has 0 amide bonds. The van der Waals surface area contributed by atoms with E-state index in [9.17, 15) is 4.79 Å². The largest absolute Gasteiger partial charge is 1.00 e. The third-order valence-corrected chi connectivity index (χ3v) is 0.702. The summed E-state index contributed by atoms with van der Waals surface area (Å²) in [6.45, 7) is 3.95. The van der Waals surface area contributed by atoms with Crippen molar-refractivity contribution in [1.82, 2.24) is 0 Å². The first-order valence-corrected chi connectivity index (χ1v) is 2.58. The minimum absolute atomic E-state index is 0. The fourth-order valence-electron chi connectivity index (χ4n) is 0.333. The molecule has 2 nitrogen and oxygen atoms in total. The molecule has 0 aliphatic heterocycles. The second-order valence-corrected chi connectivity index (χ2v) is 1.35. The van der Waals surface area contributed by atoms with Crippen LogP contribution in [0.15, 0.2) is 12.8 Å². The van der Waals surface area contributed by atoms with Gasteiger partial charge in [-0.3, -0.25) is 0 Å². The molecule has 0 saturated heterocycles. The molecule has 0 aliphatic rings. The molecule has 48 valence electrons. The van der Waals surface area contributed by atoms with Crippen LogP contribution in [-0.4, -0.2) is 12.9 Å². The second kappa shape index (κ2) is 11.6. The van der Waals surface area contributed by atoms with Gasteiger partial charge in [0.2, 0.25) is 0 Å². The number of carbonyl (C=O) groups is 1. The molecule has 0 rings (SSSR count). The molecule has 0 spiro atoms. The first kappa shape index (κ1) is 12.5. The van der Waals surface area contributed by atoms with E-state index in [0.29, 0.717) is 13.0 Å². The minimum Gasteiger partial charge on any atom is -1.00 e. The molecular weight excluding hydrogens is 143 g/mol. The smallest absolute Gasteiger partial charge is 1.00 e. The zero-order valence-corrected chi connectivity index (χ0v) is 8.92. The number of unbranched alkanes of at least 4 members (excludes halogenated alkanes) is 1. The first-order chi connectivity index (χ1) is 3.91. The van der Waals surface area contributed by atoms with Crippen LogP contribution in [0.25, 0.3) is 0 Å². The number of rotatable bonds is 5. The Morgan fingerprint density at radius 1 is 1.67 bits per heavy atom. The average molecular weight is 154 g/mol. The van der Waals surface area contributed by atoms with E-state index in [1.54, 1.807) is 0 Å². The normalized spacial score (nSPS) is 7.11. The van der Waals surface area contributed by atoms with Gasteiger partial charge in [-0.05, 0) is 6.42 Å². The molecule has 0 aromatic heterocycles. The van der Waals surface area contributed by atoms with E-state index < -0.39 is 0 Å². The minimum atomic E-state index is 0. The van der Waals surface area contributed by atoms with Gasteiger partial charge >= 0.3 is 51.4 Å². The number of hydrogen-bond donors (Lipinski definition) is 0. The summed E-state index contributed by atoms with van der Waals surface area (Å²) in [7, 11) is 0. The predicted molar refractivity (Wildman–Crippen MR) is 32.6 cm³/mol. The van der Waals surface area contributed by atoms with E-state index in [1.807, 2.05) is 0 Å². The molecule has 0 unspecified atom stereocenters. The van der Waals surface area contributed by atoms with E-state index in [4.69, 9.17) is 4.74 Å². The summed E-state index contributed by atoms with van der Waals surface area (Å²) < 4.78 is 4.74.